The van der Waals surface area contributed by atoms with E-state index in [-0.39, 0.29) is 5.41 Å². The van der Waals surface area contributed by atoms with E-state index >= 15 is 0 Å². The highest BCUT2D eigenvalue weighted by Gasteiger charge is 2.54. The summed E-state index contributed by atoms with van der Waals surface area (Å²) in [5.41, 5.74) is 12.9. The van der Waals surface area contributed by atoms with Gasteiger partial charge in [-0.15, -0.1) is 5.73 Å². The summed E-state index contributed by atoms with van der Waals surface area (Å²) in [6, 6.07) is 28.4. The largest absolute Gasteiger partial charge is 0.111 e. The molecule has 1 saturated carbocycles. The highest BCUT2D eigenvalue weighted by Crippen LogP contribution is 2.58. The van der Waals surface area contributed by atoms with Gasteiger partial charge in [0.1, 0.15) is 0 Å². The zero-order valence-electron chi connectivity index (χ0n) is 16.6. The second kappa shape index (κ2) is 6.72. The van der Waals surface area contributed by atoms with Crippen molar-refractivity contribution in [1.82, 2.24) is 0 Å². The first-order valence-electron chi connectivity index (χ1n) is 9.71. The second-order valence-electron chi connectivity index (χ2n) is 7.94. The van der Waals surface area contributed by atoms with Gasteiger partial charge in [-0.2, -0.15) is 0 Å². The van der Waals surface area contributed by atoms with Gasteiger partial charge in [0.05, 0.1) is 0 Å². The van der Waals surface area contributed by atoms with Crippen LogP contribution in [0.4, 0.5) is 0 Å². The monoisotopic (exact) mass is 350 g/mol. The molecule has 4 rings (SSSR count). The lowest BCUT2D eigenvalue weighted by molar-refractivity contribution is 0.707. The normalized spacial score (nSPS) is 20.9. The number of benzene rings is 3. The summed E-state index contributed by atoms with van der Waals surface area (Å²) < 4.78 is 0. The van der Waals surface area contributed by atoms with Gasteiger partial charge in [0.25, 0.3) is 0 Å². The van der Waals surface area contributed by atoms with E-state index in [1.807, 2.05) is 0 Å². The third-order valence-corrected chi connectivity index (χ3v) is 6.09. The van der Waals surface area contributed by atoms with E-state index in [4.69, 9.17) is 0 Å². The maximum atomic E-state index is 3.83. The summed E-state index contributed by atoms with van der Waals surface area (Å²) in [7, 11) is 0. The van der Waals surface area contributed by atoms with Crippen LogP contribution in [0.25, 0.3) is 5.57 Å². The summed E-state index contributed by atoms with van der Waals surface area (Å²) in [6.45, 7) is 8.92. The maximum Gasteiger partial charge on any atom is 0.0309 e. The van der Waals surface area contributed by atoms with Crippen molar-refractivity contribution in [3.8, 4) is 0 Å². The molecule has 3 aromatic carbocycles. The molecule has 0 aliphatic heterocycles. The van der Waals surface area contributed by atoms with Crippen molar-refractivity contribution in [1.29, 1.82) is 0 Å². The molecule has 0 nitrogen and oxygen atoms in total. The topological polar surface area (TPSA) is 0 Å². The van der Waals surface area contributed by atoms with Crippen molar-refractivity contribution in [3.63, 3.8) is 0 Å². The Labute approximate surface area is 162 Å². The van der Waals surface area contributed by atoms with Crippen LogP contribution in [0, 0.1) is 19.8 Å². The maximum absolute atomic E-state index is 3.83. The number of rotatable bonds is 3. The van der Waals surface area contributed by atoms with Gasteiger partial charge in [0, 0.05) is 11.0 Å². The van der Waals surface area contributed by atoms with Crippen LogP contribution < -0.4 is 0 Å². The minimum atomic E-state index is 0.0852. The molecule has 0 radical (unpaired) electrons. The molecule has 1 fully saturated rings. The minimum absolute atomic E-state index is 0.0852. The Kier molecular flexibility index (Phi) is 4.38. The second-order valence-corrected chi connectivity index (χ2v) is 7.94. The first-order chi connectivity index (χ1) is 13.0. The van der Waals surface area contributed by atoms with Crippen LogP contribution in [0.3, 0.4) is 0 Å². The van der Waals surface area contributed by atoms with Crippen molar-refractivity contribution in [2.24, 2.45) is 5.92 Å². The van der Waals surface area contributed by atoms with Crippen molar-refractivity contribution in [3.05, 3.63) is 118 Å². The first kappa shape index (κ1) is 17.6. The minimum Gasteiger partial charge on any atom is -0.111 e. The predicted molar refractivity (Wildman–Crippen MR) is 115 cm³/mol. The van der Waals surface area contributed by atoms with Crippen molar-refractivity contribution in [2.75, 3.05) is 0 Å². The average molecular weight is 351 g/mol. The molecule has 0 aromatic heterocycles. The summed E-state index contributed by atoms with van der Waals surface area (Å²) in [6.07, 6.45) is 0. The van der Waals surface area contributed by atoms with E-state index < -0.39 is 0 Å². The van der Waals surface area contributed by atoms with Crippen LogP contribution in [-0.4, -0.2) is 0 Å². The molecule has 27 heavy (non-hydrogen) atoms. The van der Waals surface area contributed by atoms with E-state index in [0.717, 1.165) is 0 Å². The Hall–Kier alpha value is -2.82. The van der Waals surface area contributed by atoms with E-state index in [1.165, 1.54) is 39.0 Å². The smallest absolute Gasteiger partial charge is 0.0309 e. The lowest BCUT2D eigenvalue weighted by Crippen LogP contribution is -2.02. The van der Waals surface area contributed by atoms with Crippen LogP contribution in [0.2, 0.25) is 0 Å². The van der Waals surface area contributed by atoms with Gasteiger partial charge in [-0.25, -0.2) is 0 Å². The molecule has 0 N–H and O–H groups in total. The van der Waals surface area contributed by atoms with Crippen LogP contribution >= 0.6 is 0 Å². The van der Waals surface area contributed by atoms with Gasteiger partial charge in [-0.1, -0.05) is 104 Å². The van der Waals surface area contributed by atoms with E-state index in [0.29, 0.717) is 5.92 Å². The fourth-order valence-electron chi connectivity index (χ4n) is 3.94. The Morgan fingerprint density at radius 2 is 1.22 bits per heavy atom. The Balaban J connectivity index is 1.90. The number of hydrogen-bond acceptors (Lipinski definition) is 0. The van der Waals surface area contributed by atoms with E-state index in [9.17, 15) is 0 Å². The van der Waals surface area contributed by atoms with E-state index in [1.54, 1.807) is 0 Å². The lowest BCUT2D eigenvalue weighted by atomic mass is 9.94. The number of hydrogen-bond donors (Lipinski definition) is 0. The molecule has 3 aromatic rings. The summed E-state index contributed by atoms with van der Waals surface area (Å²) in [4.78, 5) is 0. The van der Waals surface area contributed by atoms with Crippen LogP contribution in [0.5, 0.6) is 0 Å². The molecule has 0 heteroatoms. The molecular weight excluding hydrogens is 324 g/mol. The molecule has 2 atom stereocenters. The summed E-state index contributed by atoms with van der Waals surface area (Å²) >= 11 is 0. The molecule has 0 saturated heterocycles. The van der Waals surface area contributed by atoms with Crippen LogP contribution in [0.1, 0.15) is 41.7 Å². The van der Waals surface area contributed by atoms with Gasteiger partial charge in [-0.05, 0) is 42.0 Å². The quantitative estimate of drug-likeness (QED) is 0.452. The molecular formula is C27H26. The molecule has 1 aliphatic carbocycles. The van der Waals surface area contributed by atoms with Gasteiger partial charge >= 0.3 is 0 Å². The molecule has 0 amide bonds. The van der Waals surface area contributed by atoms with E-state index in [2.05, 4.69) is 112 Å². The predicted octanol–water partition coefficient (Wildman–Crippen LogP) is 6.87. The van der Waals surface area contributed by atoms with Crippen molar-refractivity contribution >= 4 is 5.57 Å². The third kappa shape index (κ3) is 3.18. The Bertz CT molecular complexity index is 966. The third-order valence-electron chi connectivity index (χ3n) is 6.09. The van der Waals surface area contributed by atoms with Crippen LogP contribution in [0.15, 0.2) is 90.2 Å². The van der Waals surface area contributed by atoms with Gasteiger partial charge in [0.15, 0.2) is 0 Å². The molecule has 0 bridgehead atoms. The lowest BCUT2D eigenvalue weighted by Gasteiger charge is -2.09. The van der Waals surface area contributed by atoms with Gasteiger partial charge in [-0.3, -0.25) is 0 Å². The number of aryl methyl sites for hydroxylation is 2. The SMILES string of the molecule is Cc1ccc(C(=C=C2[C@H](C)[C@@]2(C)c2ccccc2)c2ccc(C)cc2)cc1. The Morgan fingerprint density at radius 3 is 1.70 bits per heavy atom. The first-order valence-corrected chi connectivity index (χ1v) is 9.71. The molecule has 0 spiro atoms. The molecule has 0 unspecified atom stereocenters. The molecule has 134 valence electrons. The van der Waals surface area contributed by atoms with Crippen LogP contribution in [-0.2, 0) is 5.41 Å². The number of allylic oxidation sites excluding steroid dienone is 1. The fraction of sp³-hybridized carbons (Fsp3) is 0.222. The summed E-state index contributed by atoms with van der Waals surface area (Å²) in [5, 5.41) is 0. The summed E-state index contributed by atoms with van der Waals surface area (Å²) in [5.74, 6) is 0.505. The van der Waals surface area contributed by atoms with Crippen molar-refractivity contribution < 1.29 is 0 Å². The zero-order chi connectivity index (χ0) is 19.0. The fourth-order valence-corrected chi connectivity index (χ4v) is 3.94. The van der Waals surface area contributed by atoms with Gasteiger partial charge < -0.3 is 0 Å². The zero-order valence-corrected chi connectivity index (χ0v) is 16.6. The average Bonchev–Trinajstić information content (AvgIpc) is 3.23. The highest BCUT2D eigenvalue weighted by molar-refractivity contribution is 5.81. The van der Waals surface area contributed by atoms with Crippen molar-refractivity contribution in [2.45, 2.75) is 33.1 Å². The highest BCUT2D eigenvalue weighted by atomic mass is 14.6. The molecule has 0 heterocycles. The molecule has 1 aliphatic rings. The Morgan fingerprint density at radius 1 is 0.741 bits per heavy atom. The van der Waals surface area contributed by atoms with Gasteiger partial charge in [0.2, 0.25) is 0 Å². The standard InChI is InChI=1S/C27H26/c1-19-10-14-22(15-11-19)25(23-16-12-20(2)13-17-23)18-26-21(3)27(26,4)24-8-6-5-7-9-24/h5-17,21H,1-4H3/t21-,27-/m0/s1.